The average molecular weight is 240 g/mol. The largest absolute Gasteiger partial charge is 0.379 e. The number of benzene rings is 1. The monoisotopic (exact) mass is 240 g/mol. The van der Waals surface area contributed by atoms with Gasteiger partial charge >= 0.3 is 5.69 Å². The fourth-order valence-electron chi connectivity index (χ4n) is 1.99. The molecule has 1 aromatic carbocycles. The van der Waals surface area contributed by atoms with Crippen LogP contribution in [0.1, 0.15) is 6.42 Å². The zero-order chi connectivity index (χ0) is 12.4. The highest BCUT2D eigenvalue weighted by Crippen LogP contribution is 2.32. The highest BCUT2D eigenvalue weighted by molar-refractivity contribution is 5.64. The van der Waals surface area contributed by atoms with Crippen LogP contribution < -0.4 is 4.90 Å². The normalized spacial score (nSPS) is 19.3. The summed E-state index contributed by atoms with van der Waals surface area (Å²) in [5.41, 5.74) is -0.174. The van der Waals surface area contributed by atoms with E-state index >= 15 is 0 Å². The molecule has 2 rings (SSSR count). The molecule has 0 radical (unpaired) electrons. The molecule has 1 fully saturated rings. The van der Waals surface area contributed by atoms with Crippen molar-refractivity contribution < 1.29 is 14.1 Å². The van der Waals surface area contributed by atoms with Crippen molar-refractivity contribution in [1.82, 2.24) is 0 Å². The van der Waals surface area contributed by atoms with Crippen molar-refractivity contribution in [3.8, 4) is 0 Å². The topological polar surface area (TPSA) is 55.6 Å². The molecule has 1 unspecified atom stereocenters. The van der Waals surface area contributed by atoms with Crippen molar-refractivity contribution in [1.29, 1.82) is 0 Å². The van der Waals surface area contributed by atoms with Crippen LogP contribution in [0.2, 0.25) is 0 Å². The Bertz CT molecular complexity index is 433. The van der Waals surface area contributed by atoms with Crippen LogP contribution in [0.15, 0.2) is 18.2 Å². The van der Waals surface area contributed by atoms with Crippen LogP contribution in [0.3, 0.4) is 0 Å². The molecule has 0 saturated carbocycles. The van der Waals surface area contributed by atoms with E-state index in [0.29, 0.717) is 18.9 Å². The minimum Gasteiger partial charge on any atom is -0.379 e. The summed E-state index contributed by atoms with van der Waals surface area (Å²) in [6, 6.07) is 4.19. The average Bonchev–Trinajstić information content (AvgIpc) is 2.80. The minimum atomic E-state index is -0.807. The van der Waals surface area contributed by atoms with Crippen LogP contribution in [0.5, 0.6) is 0 Å². The summed E-state index contributed by atoms with van der Waals surface area (Å²) in [5, 5.41) is 10.9. The number of halogens is 1. The second-order valence-electron chi connectivity index (χ2n) is 3.99. The maximum absolute atomic E-state index is 13.4. The van der Waals surface area contributed by atoms with Gasteiger partial charge < -0.3 is 9.64 Å². The number of rotatable bonds is 3. The second-order valence-corrected chi connectivity index (χ2v) is 3.99. The van der Waals surface area contributed by atoms with Crippen molar-refractivity contribution in [3.05, 3.63) is 34.1 Å². The number of nitro groups is 1. The van der Waals surface area contributed by atoms with E-state index in [2.05, 4.69) is 0 Å². The third-order valence-corrected chi connectivity index (χ3v) is 2.98. The summed E-state index contributed by atoms with van der Waals surface area (Å²) >= 11 is 0. The van der Waals surface area contributed by atoms with Crippen LogP contribution in [0.25, 0.3) is 0 Å². The molecule has 5 nitrogen and oxygen atoms in total. The lowest BCUT2D eigenvalue weighted by Crippen LogP contribution is -2.32. The van der Waals surface area contributed by atoms with E-state index in [1.807, 2.05) is 0 Å². The van der Waals surface area contributed by atoms with Gasteiger partial charge in [0.15, 0.2) is 0 Å². The van der Waals surface area contributed by atoms with Gasteiger partial charge in [-0.1, -0.05) is 6.07 Å². The zero-order valence-corrected chi connectivity index (χ0v) is 9.43. The lowest BCUT2D eigenvalue weighted by atomic mass is 10.1. The lowest BCUT2D eigenvalue weighted by Gasteiger charge is -2.24. The minimum absolute atomic E-state index is 0.0653. The van der Waals surface area contributed by atoms with Gasteiger partial charge in [0.2, 0.25) is 5.82 Å². The van der Waals surface area contributed by atoms with Gasteiger partial charge in [0, 0.05) is 13.7 Å². The molecule has 1 aliphatic rings. The summed E-state index contributed by atoms with van der Waals surface area (Å²) in [6.45, 7) is 1.16. The van der Waals surface area contributed by atoms with Crippen molar-refractivity contribution in [2.75, 3.05) is 25.2 Å². The molecule has 0 bridgehead atoms. The Hall–Kier alpha value is -1.69. The molecule has 0 aliphatic carbocycles. The van der Waals surface area contributed by atoms with Gasteiger partial charge in [0.1, 0.15) is 5.69 Å². The first-order chi connectivity index (χ1) is 8.11. The maximum Gasteiger partial charge on any atom is 0.327 e. The van der Waals surface area contributed by atoms with Gasteiger partial charge in [-0.3, -0.25) is 10.1 Å². The molecular formula is C11H13FN2O3. The summed E-state index contributed by atoms with van der Waals surface area (Å²) in [4.78, 5) is 11.9. The van der Waals surface area contributed by atoms with E-state index in [1.165, 1.54) is 6.07 Å². The first-order valence-electron chi connectivity index (χ1n) is 5.34. The number of nitro benzene ring substituents is 1. The number of anilines is 1. The Labute approximate surface area is 97.9 Å². The summed E-state index contributed by atoms with van der Waals surface area (Å²) in [7, 11) is 1.72. The van der Waals surface area contributed by atoms with Gasteiger partial charge in [-0.2, -0.15) is 4.39 Å². The van der Waals surface area contributed by atoms with Gasteiger partial charge in [-0.05, 0) is 18.6 Å². The molecule has 0 spiro atoms. The Balaban J connectivity index is 2.36. The molecule has 1 aliphatic heterocycles. The number of likely N-dealkylation sites (N-methyl/N-ethyl adjacent to an activating group) is 1. The van der Waals surface area contributed by atoms with E-state index in [0.717, 1.165) is 12.5 Å². The Morgan fingerprint density at radius 3 is 2.94 bits per heavy atom. The maximum atomic E-state index is 13.4. The van der Waals surface area contributed by atoms with E-state index in [1.54, 1.807) is 18.0 Å². The van der Waals surface area contributed by atoms with Crippen LogP contribution in [0.4, 0.5) is 15.8 Å². The molecule has 0 amide bonds. The standard InChI is InChI=1S/C11H13FN2O3/c1-13(8-5-6-17-7-8)10-4-2-3-9(12)11(10)14(15)16/h2-4,8H,5-7H2,1H3. The number of ether oxygens (including phenoxy) is 1. The SMILES string of the molecule is CN(c1cccc(F)c1[N+](=O)[O-])C1CCOC1. The number of hydrogen-bond donors (Lipinski definition) is 0. The molecule has 0 aromatic heterocycles. The number of nitrogens with zero attached hydrogens (tertiary/aromatic N) is 2. The van der Waals surface area contributed by atoms with E-state index in [4.69, 9.17) is 4.74 Å². The van der Waals surface area contributed by atoms with Crippen molar-refractivity contribution in [2.24, 2.45) is 0 Å². The Morgan fingerprint density at radius 1 is 1.59 bits per heavy atom. The summed E-state index contributed by atoms with van der Waals surface area (Å²) < 4.78 is 18.7. The molecule has 1 heterocycles. The smallest absolute Gasteiger partial charge is 0.327 e. The predicted octanol–water partition coefficient (Wildman–Crippen LogP) is 1.96. The van der Waals surface area contributed by atoms with Gasteiger partial charge in [-0.15, -0.1) is 0 Å². The first-order valence-corrected chi connectivity index (χ1v) is 5.34. The summed E-state index contributed by atoms with van der Waals surface area (Å²) in [5.74, 6) is -0.807. The third-order valence-electron chi connectivity index (χ3n) is 2.98. The highest BCUT2D eigenvalue weighted by atomic mass is 19.1. The second kappa shape index (κ2) is 4.67. The van der Waals surface area contributed by atoms with Gasteiger partial charge in [-0.25, -0.2) is 0 Å². The third kappa shape index (κ3) is 2.21. The van der Waals surface area contributed by atoms with Crippen LogP contribution in [0, 0.1) is 15.9 Å². The molecule has 1 atom stereocenters. The van der Waals surface area contributed by atoms with E-state index in [-0.39, 0.29) is 6.04 Å². The number of hydrogen-bond acceptors (Lipinski definition) is 4. The zero-order valence-electron chi connectivity index (χ0n) is 9.43. The lowest BCUT2D eigenvalue weighted by molar-refractivity contribution is -0.386. The molecule has 6 heteroatoms. The van der Waals surface area contributed by atoms with Crippen LogP contribution in [-0.2, 0) is 4.74 Å². The van der Waals surface area contributed by atoms with Crippen molar-refractivity contribution in [3.63, 3.8) is 0 Å². The Morgan fingerprint density at radius 2 is 2.35 bits per heavy atom. The van der Waals surface area contributed by atoms with Crippen molar-refractivity contribution in [2.45, 2.75) is 12.5 Å². The molecule has 1 saturated heterocycles. The quantitative estimate of drug-likeness (QED) is 0.598. The van der Waals surface area contributed by atoms with E-state index in [9.17, 15) is 14.5 Å². The molecule has 92 valence electrons. The molecule has 17 heavy (non-hydrogen) atoms. The van der Waals surface area contributed by atoms with Gasteiger partial charge in [0.05, 0.1) is 17.6 Å². The fourth-order valence-corrected chi connectivity index (χ4v) is 1.99. The van der Waals surface area contributed by atoms with Crippen LogP contribution in [-0.4, -0.2) is 31.2 Å². The van der Waals surface area contributed by atoms with Gasteiger partial charge in [0.25, 0.3) is 0 Å². The van der Waals surface area contributed by atoms with Crippen molar-refractivity contribution >= 4 is 11.4 Å². The molecular weight excluding hydrogens is 227 g/mol. The Kier molecular flexibility index (Phi) is 3.23. The van der Waals surface area contributed by atoms with E-state index < -0.39 is 16.4 Å². The molecule has 1 aromatic rings. The predicted molar refractivity (Wildman–Crippen MR) is 60.7 cm³/mol. The molecule has 0 N–H and O–H groups in total. The summed E-state index contributed by atoms with van der Waals surface area (Å²) in [6.07, 6.45) is 0.796. The fraction of sp³-hybridized carbons (Fsp3) is 0.455. The number of para-hydroxylation sites is 1. The van der Waals surface area contributed by atoms with Crippen LogP contribution >= 0.6 is 0 Å². The highest BCUT2D eigenvalue weighted by Gasteiger charge is 2.28. The first kappa shape index (κ1) is 11.8.